The lowest BCUT2D eigenvalue weighted by Crippen LogP contribution is -2.11. The highest BCUT2D eigenvalue weighted by Crippen LogP contribution is 2.13. The van der Waals surface area contributed by atoms with Gasteiger partial charge >= 0.3 is 0 Å². The van der Waals surface area contributed by atoms with E-state index in [1.807, 2.05) is 18.2 Å². The third-order valence-corrected chi connectivity index (χ3v) is 3.22. The van der Waals surface area contributed by atoms with E-state index in [2.05, 4.69) is 31.9 Å². The lowest BCUT2D eigenvalue weighted by molar-refractivity contribution is 0.197. The van der Waals surface area contributed by atoms with E-state index < -0.39 is 0 Å². The first-order valence-electron chi connectivity index (χ1n) is 7.61. The molecule has 0 fully saturated rings. The molecule has 0 aliphatic heterocycles. The second-order valence-electron chi connectivity index (χ2n) is 4.97. The van der Waals surface area contributed by atoms with Crippen LogP contribution in [0.4, 0.5) is 11.8 Å². The minimum absolute atomic E-state index is 0.518. The monoisotopic (exact) mass is 317 g/mol. The van der Waals surface area contributed by atoms with Gasteiger partial charge < -0.3 is 20.1 Å². The van der Waals surface area contributed by atoms with Gasteiger partial charge in [0.1, 0.15) is 5.75 Å². The van der Waals surface area contributed by atoms with Crippen molar-refractivity contribution in [2.24, 2.45) is 0 Å². The molecular formula is C16H23N5O2. The van der Waals surface area contributed by atoms with Gasteiger partial charge in [0.25, 0.3) is 0 Å². The smallest absolute Gasteiger partial charge is 0.244 e. The van der Waals surface area contributed by atoms with E-state index in [0.717, 1.165) is 38.3 Å². The Kier molecular flexibility index (Phi) is 7.06. The maximum atomic E-state index is 5.22. The Balaban J connectivity index is 1.78. The topological polar surface area (TPSA) is 81.2 Å². The molecule has 0 amide bonds. The molecule has 0 atom stereocenters. The zero-order valence-electron chi connectivity index (χ0n) is 13.6. The van der Waals surface area contributed by atoms with Gasteiger partial charge in [-0.2, -0.15) is 10.1 Å². The minimum Gasteiger partial charge on any atom is -0.497 e. The molecule has 1 heterocycles. The first kappa shape index (κ1) is 17.0. The van der Waals surface area contributed by atoms with Crippen molar-refractivity contribution in [1.29, 1.82) is 0 Å². The van der Waals surface area contributed by atoms with Gasteiger partial charge in [0.2, 0.25) is 5.95 Å². The Labute approximate surface area is 136 Å². The molecule has 0 saturated heterocycles. The average Bonchev–Trinajstić information content (AvgIpc) is 2.59. The van der Waals surface area contributed by atoms with Crippen LogP contribution in [0.5, 0.6) is 5.75 Å². The third-order valence-electron chi connectivity index (χ3n) is 3.22. The summed E-state index contributed by atoms with van der Waals surface area (Å²) in [6, 6.07) is 8.01. The molecule has 124 valence electrons. The van der Waals surface area contributed by atoms with Gasteiger partial charge in [-0.1, -0.05) is 12.1 Å². The summed E-state index contributed by atoms with van der Waals surface area (Å²) in [6.45, 7) is 2.23. The molecule has 7 nitrogen and oxygen atoms in total. The van der Waals surface area contributed by atoms with E-state index in [0.29, 0.717) is 11.8 Å². The van der Waals surface area contributed by atoms with Crippen molar-refractivity contribution in [1.82, 2.24) is 15.2 Å². The fourth-order valence-electron chi connectivity index (χ4n) is 2.04. The molecule has 2 N–H and O–H groups in total. The highest BCUT2D eigenvalue weighted by atomic mass is 16.5. The lowest BCUT2D eigenvalue weighted by atomic mass is 10.1. The molecule has 0 unspecified atom stereocenters. The Bertz CT molecular complexity index is 594. The van der Waals surface area contributed by atoms with Crippen LogP contribution in [0.1, 0.15) is 12.0 Å². The first-order valence-corrected chi connectivity index (χ1v) is 7.61. The van der Waals surface area contributed by atoms with Gasteiger partial charge in [-0.05, 0) is 30.5 Å². The number of aromatic nitrogens is 3. The number of nitrogens with one attached hydrogen (secondary N) is 2. The van der Waals surface area contributed by atoms with Crippen molar-refractivity contribution < 1.29 is 9.47 Å². The molecule has 1 aromatic carbocycles. The number of ether oxygens (including phenoxy) is 2. The molecule has 2 rings (SSSR count). The van der Waals surface area contributed by atoms with Crippen molar-refractivity contribution in [2.75, 3.05) is 44.5 Å². The van der Waals surface area contributed by atoms with Crippen molar-refractivity contribution in [3.63, 3.8) is 0 Å². The van der Waals surface area contributed by atoms with Crippen molar-refractivity contribution in [3.05, 3.63) is 36.0 Å². The van der Waals surface area contributed by atoms with E-state index >= 15 is 0 Å². The molecular weight excluding hydrogens is 294 g/mol. The molecule has 0 bridgehead atoms. The number of methoxy groups -OCH3 is 2. The maximum Gasteiger partial charge on any atom is 0.244 e. The predicted molar refractivity (Wildman–Crippen MR) is 90.0 cm³/mol. The number of hydrogen-bond donors (Lipinski definition) is 2. The fourth-order valence-corrected chi connectivity index (χ4v) is 2.04. The molecule has 0 saturated carbocycles. The van der Waals surface area contributed by atoms with Crippen LogP contribution in [-0.2, 0) is 11.2 Å². The van der Waals surface area contributed by atoms with Gasteiger partial charge in [0.15, 0.2) is 5.82 Å². The van der Waals surface area contributed by atoms with Gasteiger partial charge in [0, 0.05) is 26.8 Å². The number of rotatable bonds is 10. The van der Waals surface area contributed by atoms with E-state index in [1.165, 1.54) is 5.56 Å². The van der Waals surface area contributed by atoms with Gasteiger partial charge in [-0.15, -0.1) is 5.10 Å². The zero-order chi connectivity index (χ0) is 16.3. The second-order valence-corrected chi connectivity index (χ2v) is 4.97. The van der Waals surface area contributed by atoms with Crippen LogP contribution in [0.15, 0.2) is 30.5 Å². The van der Waals surface area contributed by atoms with Crippen molar-refractivity contribution in [2.45, 2.75) is 12.8 Å². The van der Waals surface area contributed by atoms with Crippen LogP contribution in [0.2, 0.25) is 0 Å². The Morgan fingerprint density at radius 3 is 2.87 bits per heavy atom. The summed E-state index contributed by atoms with van der Waals surface area (Å²) in [5.74, 6) is 2.09. The zero-order valence-corrected chi connectivity index (χ0v) is 13.6. The number of anilines is 2. The van der Waals surface area contributed by atoms with Gasteiger partial charge in [0.05, 0.1) is 13.3 Å². The molecule has 1 aromatic heterocycles. The minimum atomic E-state index is 0.518. The van der Waals surface area contributed by atoms with E-state index in [4.69, 9.17) is 9.47 Å². The summed E-state index contributed by atoms with van der Waals surface area (Å²) < 4.78 is 10.2. The molecule has 0 spiro atoms. The quantitative estimate of drug-likeness (QED) is 0.648. The summed E-state index contributed by atoms with van der Waals surface area (Å²) in [5, 5.41) is 14.3. The Morgan fingerprint density at radius 1 is 1.13 bits per heavy atom. The highest BCUT2D eigenvalue weighted by molar-refractivity contribution is 5.37. The largest absolute Gasteiger partial charge is 0.497 e. The van der Waals surface area contributed by atoms with Crippen molar-refractivity contribution in [3.8, 4) is 5.75 Å². The number of nitrogens with zero attached hydrogens (tertiary/aromatic N) is 3. The van der Waals surface area contributed by atoms with Crippen LogP contribution in [0, 0.1) is 0 Å². The molecule has 7 heteroatoms. The average molecular weight is 317 g/mol. The highest BCUT2D eigenvalue weighted by Gasteiger charge is 2.01. The van der Waals surface area contributed by atoms with Crippen LogP contribution in [0.25, 0.3) is 0 Å². The fraction of sp³-hybridized carbons (Fsp3) is 0.438. The maximum absolute atomic E-state index is 5.22. The summed E-state index contributed by atoms with van der Waals surface area (Å²) in [7, 11) is 3.36. The van der Waals surface area contributed by atoms with Gasteiger partial charge in [-0.25, -0.2) is 0 Å². The Morgan fingerprint density at radius 2 is 2.04 bits per heavy atom. The normalized spacial score (nSPS) is 10.3. The van der Waals surface area contributed by atoms with Crippen LogP contribution in [0.3, 0.4) is 0 Å². The summed E-state index contributed by atoms with van der Waals surface area (Å²) in [4.78, 5) is 4.37. The molecule has 0 radical (unpaired) electrons. The third kappa shape index (κ3) is 6.07. The molecule has 2 aromatic rings. The summed E-state index contributed by atoms with van der Waals surface area (Å²) in [5.41, 5.74) is 1.19. The van der Waals surface area contributed by atoms with E-state index in [9.17, 15) is 0 Å². The second kappa shape index (κ2) is 9.58. The predicted octanol–water partition coefficient (Wildman–Crippen LogP) is 1.98. The first-order chi connectivity index (χ1) is 11.3. The number of benzene rings is 1. The number of hydrogen-bond acceptors (Lipinski definition) is 7. The summed E-state index contributed by atoms with van der Waals surface area (Å²) >= 11 is 0. The van der Waals surface area contributed by atoms with Crippen molar-refractivity contribution >= 4 is 11.8 Å². The van der Waals surface area contributed by atoms with Crippen LogP contribution >= 0.6 is 0 Å². The summed E-state index contributed by atoms with van der Waals surface area (Å²) in [6.07, 6.45) is 3.38. The van der Waals surface area contributed by atoms with Crippen LogP contribution < -0.4 is 15.4 Å². The van der Waals surface area contributed by atoms with E-state index in [-0.39, 0.29) is 0 Å². The molecule has 0 aliphatic rings. The SMILES string of the molecule is COCCCNc1cnnc(NCCc2cccc(OC)c2)n1. The van der Waals surface area contributed by atoms with Gasteiger partial charge in [-0.3, -0.25) is 0 Å². The molecule has 0 aliphatic carbocycles. The van der Waals surface area contributed by atoms with E-state index in [1.54, 1.807) is 20.4 Å². The Hall–Kier alpha value is -2.41. The van der Waals surface area contributed by atoms with Crippen LogP contribution in [-0.4, -0.2) is 49.1 Å². The molecule has 23 heavy (non-hydrogen) atoms. The standard InChI is InChI=1S/C16H23N5O2/c1-22-10-4-8-17-15-12-19-21-16(20-15)18-9-7-13-5-3-6-14(11-13)23-2/h3,5-6,11-12H,4,7-10H2,1-2H3,(H2,17,18,20,21). The lowest BCUT2D eigenvalue weighted by Gasteiger charge is -2.08.